The maximum Gasteiger partial charge on any atom is 0.368 e. The van der Waals surface area contributed by atoms with Crippen molar-refractivity contribution in [2.45, 2.75) is 4.90 Å². The molecule has 0 aliphatic carbocycles. The van der Waals surface area contributed by atoms with Crippen LogP contribution in [0.4, 0.5) is 5.69 Å². The molecule has 2 aromatic rings. The standard InChI is InChI=1S/C12H10N2O6S2/c13-20-12(15)11-10(3-4-21-11)22(16,17)14-7-1-2-8-9(5-7)19-6-18-8/h1-5,14H,6,13H2. The number of hydrogen-bond donors (Lipinski definition) is 2. The molecule has 0 saturated carbocycles. The number of ether oxygens (including phenoxy) is 2. The van der Waals surface area contributed by atoms with Crippen LogP contribution < -0.4 is 20.1 Å². The number of nitrogens with one attached hydrogen (secondary N) is 1. The zero-order valence-corrected chi connectivity index (χ0v) is 12.6. The molecular weight excluding hydrogens is 332 g/mol. The summed E-state index contributed by atoms with van der Waals surface area (Å²) in [6.45, 7) is 0.0859. The summed E-state index contributed by atoms with van der Waals surface area (Å²) in [6, 6.07) is 5.90. The second kappa shape index (κ2) is 5.48. The number of sulfonamides is 1. The maximum atomic E-state index is 12.4. The van der Waals surface area contributed by atoms with Crippen molar-refractivity contribution in [3.05, 3.63) is 34.5 Å². The van der Waals surface area contributed by atoms with E-state index in [-0.39, 0.29) is 22.3 Å². The molecule has 0 amide bonds. The quantitative estimate of drug-likeness (QED) is 0.804. The molecule has 0 atom stereocenters. The first kappa shape index (κ1) is 14.6. The van der Waals surface area contributed by atoms with Crippen molar-refractivity contribution in [3.63, 3.8) is 0 Å². The van der Waals surface area contributed by atoms with E-state index in [9.17, 15) is 13.2 Å². The van der Waals surface area contributed by atoms with Gasteiger partial charge in [-0.15, -0.1) is 11.3 Å². The summed E-state index contributed by atoms with van der Waals surface area (Å²) in [5, 5.41) is 1.46. The van der Waals surface area contributed by atoms with Gasteiger partial charge in [0.25, 0.3) is 10.0 Å². The summed E-state index contributed by atoms with van der Waals surface area (Å²) in [6.07, 6.45) is 0. The van der Waals surface area contributed by atoms with Crippen molar-refractivity contribution in [2.75, 3.05) is 11.5 Å². The van der Waals surface area contributed by atoms with E-state index in [1.807, 2.05) is 0 Å². The van der Waals surface area contributed by atoms with Crippen LogP contribution in [0.25, 0.3) is 0 Å². The molecule has 1 aromatic carbocycles. The molecule has 3 rings (SSSR count). The molecule has 1 aliphatic rings. The molecule has 0 fully saturated rings. The average Bonchev–Trinajstić information content (AvgIpc) is 3.14. The zero-order valence-electron chi connectivity index (χ0n) is 10.9. The molecule has 10 heteroatoms. The Morgan fingerprint density at radius 2 is 2.05 bits per heavy atom. The van der Waals surface area contributed by atoms with E-state index < -0.39 is 16.0 Å². The van der Waals surface area contributed by atoms with Gasteiger partial charge in [-0.05, 0) is 23.6 Å². The van der Waals surface area contributed by atoms with Crippen LogP contribution in [0.5, 0.6) is 11.5 Å². The van der Waals surface area contributed by atoms with Crippen molar-refractivity contribution >= 4 is 33.0 Å². The number of benzene rings is 1. The zero-order chi connectivity index (χ0) is 15.7. The minimum Gasteiger partial charge on any atom is -0.454 e. The van der Waals surface area contributed by atoms with Gasteiger partial charge in [-0.25, -0.2) is 13.2 Å². The van der Waals surface area contributed by atoms with Gasteiger partial charge in [0.05, 0.1) is 5.69 Å². The second-order valence-electron chi connectivity index (χ2n) is 4.19. The number of rotatable bonds is 4. The molecule has 1 aliphatic heterocycles. The first-order valence-electron chi connectivity index (χ1n) is 5.92. The normalized spacial score (nSPS) is 13.0. The highest BCUT2D eigenvalue weighted by Crippen LogP contribution is 2.35. The fourth-order valence-corrected chi connectivity index (χ4v) is 4.23. The van der Waals surface area contributed by atoms with Crippen molar-refractivity contribution in [2.24, 2.45) is 5.90 Å². The number of carbonyl (C=O) groups is 1. The van der Waals surface area contributed by atoms with Gasteiger partial charge in [-0.1, -0.05) is 0 Å². The Bertz CT molecular complexity index is 830. The number of nitrogens with two attached hydrogens (primary N) is 1. The van der Waals surface area contributed by atoms with E-state index in [4.69, 9.17) is 15.4 Å². The number of carbonyl (C=O) groups excluding carboxylic acids is 1. The summed E-state index contributed by atoms with van der Waals surface area (Å²) < 4.78 is 37.4. The minimum absolute atomic E-state index is 0.0859. The third kappa shape index (κ3) is 2.58. The molecule has 0 radical (unpaired) electrons. The Labute approximate surface area is 129 Å². The van der Waals surface area contributed by atoms with E-state index in [0.29, 0.717) is 11.5 Å². The van der Waals surface area contributed by atoms with Crippen LogP contribution in [0, 0.1) is 0 Å². The lowest BCUT2D eigenvalue weighted by Crippen LogP contribution is -2.17. The van der Waals surface area contributed by atoms with Gasteiger partial charge in [0.2, 0.25) is 6.79 Å². The van der Waals surface area contributed by atoms with E-state index in [1.54, 1.807) is 6.07 Å². The number of thiophene rings is 1. The van der Waals surface area contributed by atoms with Crippen LogP contribution in [0.2, 0.25) is 0 Å². The summed E-state index contributed by atoms with van der Waals surface area (Å²) in [4.78, 5) is 15.3. The molecule has 2 heterocycles. The van der Waals surface area contributed by atoms with Crippen molar-refractivity contribution in [3.8, 4) is 11.5 Å². The van der Waals surface area contributed by atoms with Crippen LogP contribution in [0.15, 0.2) is 34.5 Å². The van der Waals surface area contributed by atoms with Crippen molar-refractivity contribution in [1.29, 1.82) is 0 Å². The SMILES string of the molecule is NOC(=O)c1sccc1S(=O)(=O)Nc1ccc2c(c1)OCO2. The third-order valence-electron chi connectivity index (χ3n) is 2.84. The smallest absolute Gasteiger partial charge is 0.368 e. The Morgan fingerprint density at radius 3 is 2.82 bits per heavy atom. The van der Waals surface area contributed by atoms with E-state index in [1.165, 1.54) is 23.6 Å². The Morgan fingerprint density at radius 1 is 1.27 bits per heavy atom. The Kier molecular flexibility index (Phi) is 3.64. The van der Waals surface area contributed by atoms with E-state index in [0.717, 1.165) is 11.3 Å². The molecule has 0 spiro atoms. The van der Waals surface area contributed by atoms with Crippen LogP contribution in [-0.2, 0) is 14.9 Å². The monoisotopic (exact) mass is 342 g/mol. The average molecular weight is 342 g/mol. The van der Waals surface area contributed by atoms with Crippen LogP contribution in [0.3, 0.4) is 0 Å². The Balaban J connectivity index is 1.91. The first-order valence-corrected chi connectivity index (χ1v) is 8.28. The van der Waals surface area contributed by atoms with Crippen LogP contribution in [0.1, 0.15) is 9.67 Å². The molecule has 0 bridgehead atoms. The highest BCUT2D eigenvalue weighted by Gasteiger charge is 2.25. The van der Waals surface area contributed by atoms with Gasteiger partial charge >= 0.3 is 5.97 Å². The maximum absolute atomic E-state index is 12.4. The van der Waals surface area contributed by atoms with Gasteiger partial charge in [0, 0.05) is 6.07 Å². The van der Waals surface area contributed by atoms with Crippen molar-refractivity contribution in [1.82, 2.24) is 0 Å². The molecular formula is C12H10N2O6S2. The van der Waals surface area contributed by atoms with E-state index >= 15 is 0 Å². The highest BCUT2D eigenvalue weighted by molar-refractivity contribution is 7.93. The number of fused-ring (bicyclic) bond motifs is 1. The Hall–Kier alpha value is -2.30. The summed E-state index contributed by atoms with van der Waals surface area (Å²) >= 11 is 0.921. The van der Waals surface area contributed by atoms with Gasteiger partial charge < -0.3 is 14.3 Å². The van der Waals surface area contributed by atoms with Gasteiger partial charge in [-0.3, -0.25) is 4.72 Å². The fraction of sp³-hybridized carbons (Fsp3) is 0.0833. The lowest BCUT2D eigenvalue weighted by Gasteiger charge is -2.08. The third-order valence-corrected chi connectivity index (χ3v) is 5.28. The van der Waals surface area contributed by atoms with Crippen LogP contribution in [-0.4, -0.2) is 21.2 Å². The van der Waals surface area contributed by atoms with Gasteiger partial charge in [0.1, 0.15) is 9.77 Å². The number of hydrogen-bond acceptors (Lipinski definition) is 8. The molecule has 0 unspecified atom stereocenters. The lowest BCUT2D eigenvalue weighted by atomic mass is 10.3. The molecule has 3 N–H and O–H groups in total. The van der Waals surface area contributed by atoms with Crippen LogP contribution >= 0.6 is 11.3 Å². The predicted octanol–water partition coefficient (Wildman–Crippen LogP) is 1.31. The fourth-order valence-electron chi connectivity index (χ4n) is 1.88. The molecule has 116 valence electrons. The number of anilines is 1. The highest BCUT2D eigenvalue weighted by atomic mass is 32.2. The van der Waals surface area contributed by atoms with E-state index in [2.05, 4.69) is 9.56 Å². The van der Waals surface area contributed by atoms with Gasteiger partial charge in [-0.2, -0.15) is 5.90 Å². The predicted molar refractivity (Wildman–Crippen MR) is 77.3 cm³/mol. The molecule has 22 heavy (non-hydrogen) atoms. The summed E-state index contributed by atoms with van der Waals surface area (Å²) in [5.74, 6) is 4.86. The summed E-state index contributed by atoms with van der Waals surface area (Å²) in [5.41, 5.74) is 0.280. The first-order chi connectivity index (χ1) is 10.5. The van der Waals surface area contributed by atoms with Crippen molar-refractivity contribution < 1.29 is 27.5 Å². The summed E-state index contributed by atoms with van der Waals surface area (Å²) in [7, 11) is -3.97. The lowest BCUT2D eigenvalue weighted by molar-refractivity contribution is 0.0505. The second-order valence-corrected chi connectivity index (χ2v) is 6.76. The minimum atomic E-state index is -3.97. The molecule has 8 nitrogen and oxygen atoms in total. The molecule has 1 aromatic heterocycles. The molecule has 0 saturated heterocycles. The topological polar surface area (TPSA) is 117 Å². The van der Waals surface area contributed by atoms with Gasteiger partial charge in [0.15, 0.2) is 11.5 Å². The largest absolute Gasteiger partial charge is 0.454 e.